The summed E-state index contributed by atoms with van der Waals surface area (Å²) in [6.07, 6.45) is -0.490. The number of nitrogens with zero attached hydrogens (tertiary/aromatic N) is 1. The molecule has 8 nitrogen and oxygen atoms in total. The zero-order valence-corrected chi connectivity index (χ0v) is 13.4. The summed E-state index contributed by atoms with van der Waals surface area (Å²) in [5, 5.41) is 22.0. The quantitative estimate of drug-likeness (QED) is 0.685. The summed E-state index contributed by atoms with van der Waals surface area (Å²) in [6.45, 7) is 1.47. The summed E-state index contributed by atoms with van der Waals surface area (Å²) in [6, 6.07) is 4.68. The number of ether oxygens (including phenoxy) is 1. The monoisotopic (exact) mass is 344 g/mol. The number of carbonyl (C=O) groups excluding carboxylic acids is 2. The number of nitrogens with one attached hydrogen (secondary N) is 1. The van der Waals surface area contributed by atoms with Gasteiger partial charge in [0.1, 0.15) is 11.4 Å². The lowest BCUT2D eigenvalue weighted by Crippen LogP contribution is -2.61. The molecule has 1 saturated heterocycles. The molecule has 1 aromatic rings. The van der Waals surface area contributed by atoms with Crippen LogP contribution in [0.1, 0.15) is 18.9 Å². The lowest BCUT2D eigenvalue weighted by atomic mass is 9.82. The standard InChI is InChI=1S/C17H16N2O6/c1-7(20)14-11-5-9(15(17(23)24)19(11)16(14)22)8-2-3-12-10(4-8)18-13(21)6-25-12/h2-4,7,11,14,20H,5-6H2,1H3,(H,18,21)(H,23,24)/t7-,11-,14-/m1/s1. The number of amides is 2. The summed E-state index contributed by atoms with van der Waals surface area (Å²) in [5.74, 6) is -1.92. The average Bonchev–Trinajstić information content (AvgIpc) is 2.89. The fraction of sp³-hybridized carbons (Fsp3) is 0.353. The third-order valence-electron chi connectivity index (χ3n) is 4.89. The van der Waals surface area contributed by atoms with E-state index >= 15 is 0 Å². The molecule has 3 atom stereocenters. The molecular formula is C17H16N2O6. The van der Waals surface area contributed by atoms with E-state index in [0.29, 0.717) is 29.0 Å². The molecule has 0 aromatic heterocycles. The van der Waals surface area contributed by atoms with Crippen LogP contribution in [0.4, 0.5) is 5.69 Å². The number of carboxylic acid groups (broad SMARTS) is 1. The van der Waals surface area contributed by atoms with Crippen molar-refractivity contribution in [2.45, 2.75) is 25.5 Å². The molecule has 0 aliphatic carbocycles. The van der Waals surface area contributed by atoms with Gasteiger partial charge < -0.3 is 25.2 Å². The van der Waals surface area contributed by atoms with Gasteiger partial charge in [-0.3, -0.25) is 9.59 Å². The van der Waals surface area contributed by atoms with Crippen molar-refractivity contribution in [3.63, 3.8) is 0 Å². The second-order valence-corrected chi connectivity index (χ2v) is 6.43. The molecule has 3 N–H and O–H groups in total. The van der Waals surface area contributed by atoms with Crippen molar-refractivity contribution < 1.29 is 29.3 Å². The predicted octanol–water partition coefficient (Wildman–Crippen LogP) is 0.425. The van der Waals surface area contributed by atoms with Crippen molar-refractivity contribution >= 4 is 29.0 Å². The van der Waals surface area contributed by atoms with Crippen LogP contribution in [0.3, 0.4) is 0 Å². The number of hydrogen-bond donors (Lipinski definition) is 3. The third-order valence-corrected chi connectivity index (χ3v) is 4.89. The van der Waals surface area contributed by atoms with Gasteiger partial charge >= 0.3 is 5.97 Å². The predicted molar refractivity (Wildman–Crippen MR) is 85.5 cm³/mol. The number of fused-ring (bicyclic) bond motifs is 2. The summed E-state index contributed by atoms with van der Waals surface area (Å²) in [4.78, 5) is 36.7. The van der Waals surface area contributed by atoms with Crippen LogP contribution in [0.15, 0.2) is 23.9 Å². The van der Waals surface area contributed by atoms with Crippen LogP contribution in [0.2, 0.25) is 0 Å². The van der Waals surface area contributed by atoms with Crippen LogP contribution >= 0.6 is 0 Å². The minimum absolute atomic E-state index is 0.0597. The largest absolute Gasteiger partial charge is 0.482 e. The van der Waals surface area contributed by atoms with Crippen LogP contribution in [0.25, 0.3) is 5.57 Å². The van der Waals surface area contributed by atoms with Gasteiger partial charge in [-0.05, 0) is 36.6 Å². The Labute approximate surface area is 142 Å². The number of hydrogen-bond acceptors (Lipinski definition) is 5. The highest BCUT2D eigenvalue weighted by Gasteiger charge is 2.56. The molecule has 130 valence electrons. The van der Waals surface area contributed by atoms with Crippen molar-refractivity contribution in [3.05, 3.63) is 29.5 Å². The Morgan fingerprint density at radius 1 is 1.40 bits per heavy atom. The highest BCUT2D eigenvalue weighted by molar-refractivity contribution is 6.06. The molecule has 4 rings (SSSR count). The van der Waals surface area contributed by atoms with Crippen molar-refractivity contribution in [1.29, 1.82) is 0 Å². The molecule has 0 spiro atoms. The zero-order chi connectivity index (χ0) is 17.9. The average molecular weight is 344 g/mol. The molecule has 2 amide bonds. The molecule has 1 aromatic carbocycles. The number of aliphatic hydroxyl groups is 1. The van der Waals surface area contributed by atoms with Gasteiger partial charge in [0, 0.05) is 0 Å². The first-order valence-electron chi connectivity index (χ1n) is 7.93. The number of anilines is 1. The number of aliphatic hydroxyl groups excluding tert-OH is 1. The lowest BCUT2D eigenvalue weighted by molar-refractivity contribution is -0.161. The van der Waals surface area contributed by atoms with Gasteiger partial charge in [0.2, 0.25) is 5.91 Å². The molecule has 0 saturated carbocycles. The van der Waals surface area contributed by atoms with Crippen LogP contribution in [-0.2, 0) is 14.4 Å². The highest BCUT2D eigenvalue weighted by Crippen LogP contribution is 2.47. The van der Waals surface area contributed by atoms with E-state index in [1.54, 1.807) is 18.2 Å². The highest BCUT2D eigenvalue weighted by atomic mass is 16.5. The molecule has 3 aliphatic heterocycles. The maximum absolute atomic E-state index is 12.2. The number of rotatable bonds is 3. The van der Waals surface area contributed by atoms with E-state index in [2.05, 4.69) is 5.32 Å². The first-order valence-corrected chi connectivity index (χ1v) is 7.93. The molecule has 3 aliphatic rings. The van der Waals surface area contributed by atoms with E-state index in [4.69, 9.17) is 4.74 Å². The van der Waals surface area contributed by atoms with Crippen LogP contribution in [-0.4, -0.2) is 51.6 Å². The molecular weight excluding hydrogens is 328 g/mol. The van der Waals surface area contributed by atoms with Gasteiger partial charge in [0.05, 0.1) is 23.8 Å². The Balaban J connectivity index is 1.75. The minimum Gasteiger partial charge on any atom is -0.482 e. The second kappa shape index (κ2) is 5.32. The van der Waals surface area contributed by atoms with E-state index in [1.807, 2.05) is 0 Å². The van der Waals surface area contributed by atoms with Crippen molar-refractivity contribution in [3.8, 4) is 5.75 Å². The number of benzene rings is 1. The summed E-state index contributed by atoms with van der Waals surface area (Å²) in [7, 11) is 0. The Bertz CT molecular complexity index is 844. The molecule has 1 fully saturated rings. The van der Waals surface area contributed by atoms with Crippen LogP contribution in [0, 0.1) is 5.92 Å². The minimum atomic E-state index is -1.19. The topological polar surface area (TPSA) is 116 Å². The van der Waals surface area contributed by atoms with Crippen molar-refractivity contribution in [2.24, 2.45) is 5.92 Å². The number of carboxylic acids is 1. The Morgan fingerprint density at radius 2 is 2.16 bits per heavy atom. The Hall–Kier alpha value is -2.87. The summed E-state index contributed by atoms with van der Waals surface area (Å²) >= 11 is 0. The lowest BCUT2D eigenvalue weighted by Gasteiger charge is -2.44. The summed E-state index contributed by atoms with van der Waals surface area (Å²) in [5.41, 5.74) is 1.53. The third kappa shape index (κ3) is 2.21. The first-order chi connectivity index (χ1) is 11.9. The molecule has 3 heterocycles. The zero-order valence-electron chi connectivity index (χ0n) is 13.4. The molecule has 0 bridgehead atoms. The Morgan fingerprint density at radius 3 is 2.84 bits per heavy atom. The SMILES string of the molecule is C[C@@H](O)[C@H]1C(=O)N2C(C(=O)O)=C(c3ccc4c(c3)NC(=O)CO4)C[C@H]12. The normalized spacial score (nSPS) is 25.6. The Kier molecular flexibility index (Phi) is 3.33. The van der Waals surface area contributed by atoms with Gasteiger partial charge in [-0.15, -0.1) is 0 Å². The fourth-order valence-corrected chi connectivity index (χ4v) is 3.80. The smallest absolute Gasteiger partial charge is 0.352 e. The van der Waals surface area contributed by atoms with Gasteiger partial charge in [-0.25, -0.2) is 4.79 Å². The van der Waals surface area contributed by atoms with E-state index in [-0.39, 0.29) is 30.2 Å². The number of carbonyl (C=O) groups is 3. The van der Waals surface area contributed by atoms with Gasteiger partial charge in [0.15, 0.2) is 6.61 Å². The van der Waals surface area contributed by atoms with Crippen molar-refractivity contribution in [2.75, 3.05) is 11.9 Å². The van der Waals surface area contributed by atoms with Gasteiger partial charge in [-0.1, -0.05) is 6.07 Å². The van der Waals surface area contributed by atoms with Gasteiger partial charge in [-0.2, -0.15) is 0 Å². The maximum Gasteiger partial charge on any atom is 0.352 e. The van der Waals surface area contributed by atoms with E-state index in [9.17, 15) is 24.6 Å². The maximum atomic E-state index is 12.2. The van der Waals surface area contributed by atoms with Gasteiger partial charge in [0.25, 0.3) is 5.91 Å². The second-order valence-electron chi connectivity index (χ2n) is 6.43. The van der Waals surface area contributed by atoms with Crippen molar-refractivity contribution in [1.82, 2.24) is 4.90 Å². The molecule has 0 radical (unpaired) electrons. The number of aliphatic carboxylic acids is 1. The molecule has 25 heavy (non-hydrogen) atoms. The van der Waals surface area contributed by atoms with E-state index in [0.717, 1.165) is 0 Å². The fourth-order valence-electron chi connectivity index (χ4n) is 3.80. The van der Waals surface area contributed by atoms with E-state index in [1.165, 1.54) is 11.8 Å². The molecule has 0 unspecified atom stereocenters. The first kappa shape index (κ1) is 15.6. The van der Waals surface area contributed by atoms with Crippen LogP contribution < -0.4 is 10.1 Å². The van der Waals surface area contributed by atoms with Crippen LogP contribution in [0.5, 0.6) is 5.75 Å². The van der Waals surface area contributed by atoms with E-state index < -0.39 is 18.0 Å². The number of β-lactam (4-membered cyclic amide) rings is 1. The summed E-state index contributed by atoms with van der Waals surface area (Å²) < 4.78 is 5.31. The molecule has 8 heteroatoms.